The van der Waals surface area contributed by atoms with Crippen LogP contribution < -0.4 is 11.1 Å². The molecule has 130 valence electrons. The van der Waals surface area contributed by atoms with Crippen molar-refractivity contribution in [2.75, 3.05) is 17.6 Å². The Balaban J connectivity index is 1.34. The summed E-state index contributed by atoms with van der Waals surface area (Å²) >= 11 is 0. The molecule has 4 rings (SSSR count). The average molecular weight is 336 g/mol. The second-order valence-corrected chi connectivity index (χ2v) is 7.00. The zero-order valence-corrected chi connectivity index (χ0v) is 14.5. The van der Waals surface area contributed by atoms with Crippen LogP contribution in [0.25, 0.3) is 11.0 Å². The van der Waals surface area contributed by atoms with Crippen LogP contribution in [0.2, 0.25) is 0 Å². The second kappa shape index (κ2) is 6.70. The zero-order valence-electron chi connectivity index (χ0n) is 14.5. The van der Waals surface area contributed by atoms with E-state index in [4.69, 9.17) is 10.7 Å². The summed E-state index contributed by atoms with van der Waals surface area (Å²) < 4.78 is 0. The standard InChI is InChI=1S/C19H24N6/c1-12-10-22-19(20)25-17(12)21-11-13-6-8-14(9-7-13)18-23-15-4-2-3-5-16(15)24-18/h2-5,10,13-14H,6-9,11H2,1H3,(H,23,24)(H3,20,21,22,25). The number of aromatic nitrogens is 4. The fourth-order valence-electron chi connectivity index (χ4n) is 3.68. The first-order chi connectivity index (χ1) is 12.2. The van der Waals surface area contributed by atoms with Gasteiger partial charge in [-0.2, -0.15) is 4.98 Å². The molecular formula is C19H24N6. The van der Waals surface area contributed by atoms with E-state index >= 15 is 0 Å². The number of fused-ring (bicyclic) bond motifs is 1. The fraction of sp³-hybridized carbons (Fsp3) is 0.421. The summed E-state index contributed by atoms with van der Waals surface area (Å²) in [5, 5.41) is 3.45. The van der Waals surface area contributed by atoms with Crippen LogP contribution in [0.1, 0.15) is 43.0 Å². The van der Waals surface area contributed by atoms with Gasteiger partial charge in [0.05, 0.1) is 11.0 Å². The number of rotatable bonds is 4. The lowest BCUT2D eigenvalue weighted by Gasteiger charge is -2.27. The number of aryl methyl sites for hydroxylation is 1. The Kier molecular flexibility index (Phi) is 4.26. The number of aromatic amines is 1. The van der Waals surface area contributed by atoms with E-state index in [0.717, 1.165) is 34.8 Å². The maximum atomic E-state index is 5.68. The first-order valence-corrected chi connectivity index (χ1v) is 8.96. The van der Waals surface area contributed by atoms with E-state index in [1.807, 2.05) is 13.0 Å². The van der Waals surface area contributed by atoms with Gasteiger partial charge in [0, 0.05) is 24.2 Å². The van der Waals surface area contributed by atoms with E-state index in [1.165, 1.54) is 25.7 Å². The number of hydrogen-bond acceptors (Lipinski definition) is 5. The number of H-pyrrole nitrogens is 1. The zero-order chi connectivity index (χ0) is 17.2. The van der Waals surface area contributed by atoms with Crippen molar-refractivity contribution in [1.82, 2.24) is 19.9 Å². The van der Waals surface area contributed by atoms with Gasteiger partial charge in [-0.1, -0.05) is 12.1 Å². The van der Waals surface area contributed by atoms with Crippen LogP contribution in [-0.2, 0) is 0 Å². The van der Waals surface area contributed by atoms with Crippen molar-refractivity contribution in [3.05, 3.63) is 41.9 Å². The van der Waals surface area contributed by atoms with Gasteiger partial charge in [-0.05, 0) is 50.7 Å². The first kappa shape index (κ1) is 15.9. The number of anilines is 2. The molecule has 0 spiro atoms. The summed E-state index contributed by atoms with van der Waals surface area (Å²) in [5.74, 6) is 3.52. The van der Waals surface area contributed by atoms with E-state index in [1.54, 1.807) is 6.20 Å². The van der Waals surface area contributed by atoms with E-state index in [9.17, 15) is 0 Å². The molecule has 4 N–H and O–H groups in total. The minimum Gasteiger partial charge on any atom is -0.369 e. The van der Waals surface area contributed by atoms with Crippen molar-refractivity contribution in [2.24, 2.45) is 5.92 Å². The first-order valence-electron chi connectivity index (χ1n) is 8.96. The maximum Gasteiger partial charge on any atom is 0.221 e. The number of imidazole rings is 1. The van der Waals surface area contributed by atoms with Gasteiger partial charge in [0.15, 0.2) is 0 Å². The number of nitrogens with zero attached hydrogens (tertiary/aromatic N) is 3. The van der Waals surface area contributed by atoms with E-state index in [0.29, 0.717) is 17.8 Å². The third-order valence-corrected chi connectivity index (χ3v) is 5.19. The highest BCUT2D eigenvalue weighted by Gasteiger charge is 2.24. The third kappa shape index (κ3) is 3.43. The van der Waals surface area contributed by atoms with Gasteiger partial charge in [0.2, 0.25) is 5.95 Å². The minimum absolute atomic E-state index is 0.321. The molecule has 0 unspecified atom stereocenters. The predicted octanol–water partition coefficient (Wildman–Crippen LogP) is 3.63. The molecule has 0 bridgehead atoms. The Labute approximate surface area is 147 Å². The molecular weight excluding hydrogens is 312 g/mol. The van der Waals surface area contributed by atoms with Crippen molar-refractivity contribution >= 4 is 22.8 Å². The molecule has 6 heteroatoms. The van der Waals surface area contributed by atoms with Crippen LogP contribution in [0.3, 0.4) is 0 Å². The molecule has 1 aliphatic carbocycles. The summed E-state index contributed by atoms with van der Waals surface area (Å²) in [6.07, 6.45) is 6.53. The molecule has 1 aromatic carbocycles. The normalized spacial score (nSPS) is 20.7. The summed E-state index contributed by atoms with van der Waals surface area (Å²) in [5.41, 5.74) is 8.92. The smallest absolute Gasteiger partial charge is 0.221 e. The van der Waals surface area contributed by atoms with Crippen molar-refractivity contribution in [3.8, 4) is 0 Å². The molecule has 1 fully saturated rings. The van der Waals surface area contributed by atoms with Gasteiger partial charge in [-0.15, -0.1) is 0 Å². The van der Waals surface area contributed by atoms with E-state index in [-0.39, 0.29) is 0 Å². The van der Waals surface area contributed by atoms with Crippen molar-refractivity contribution in [1.29, 1.82) is 0 Å². The third-order valence-electron chi connectivity index (χ3n) is 5.19. The van der Waals surface area contributed by atoms with Crippen molar-refractivity contribution in [2.45, 2.75) is 38.5 Å². The molecule has 0 saturated heterocycles. The van der Waals surface area contributed by atoms with E-state index in [2.05, 4.69) is 38.5 Å². The summed E-state index contributed by atoms with van der Waals surface area (Å²) in [7, 11) is 0. The number of nitrogens with two attached hydrogens (primary N) is 1. The van der Waals surface area contributed by atoms with Gasteiger partial charge < -0.3 is 16.0 Å². The molecule has 0 atom stereocenters. The van der Waals surface area contributed by atoms with E-state index < -0.39 is 0 Å². The van der Waals surface area contributed by atoms with Crippen molar-refractivity contribution < 1.29 is 0 Å². The predicted molar refractivity (Wildman–Crippen MR) is 100 cm³/mol. The number of nitrogen functional groups attached to an aromatic ring is 1. The Hall–Kier alpha value is -2.63. The number of benzene rings is 1. The average Bonchev–Trinajstić information content (AvgIpc) is 3.07. The second-order valence-electron chi connectivity index (χ2n) is 7.00. The van der Waals surface area contributed by atoms with Gasteiger partial charge in [-0.3, -0.25) is 0 Å². The van der Waals surface area contributed by atoms with Crippen LogP contribution in [0.5, 0.6) is 0 Å². The Bertz CT molecular complexity index is 830. The van der Waals surface area contributed by atoms with Crippen LogP contribution in [0.4, 0.5) is 11.8 Å². The quantitative estimate of drug-likeness (QED) is 0.676. The van der Waals surface area contributed by atoms with Crippen LogP contribution in [0, 0.1) is 12.8 Å². The monoisotopic (exact) mass is 336 g/mol. The van der Waals surface area contributed by atoms with Crippen LogP contribution in [-0.4, -0.2) is 26.5 Å². The molecule has 1 aliphatic rings. The molecule has 25 heavy (non-hydrogen) atoms. The molecule has 1 saturated carbocycles. The molecule has 3 aromatic rings. The number of nitrogens with one attached hydrogen (secondary N) is 2. The molecule has 0 amide bonds. The van der Waals surface area contributed by atoms with Gasteiger partial charge in [0.25, 0.3) is 0 Å². The molecule has 0 aliphatic heterocycles. The highest BCUT2D eigenvalue weighted by atomic mass is 15.1. The molecule has 2 heterocycles. The summed E-state index contributed by atoms with van der Waals surface area (Å²) in [6.45, 7) is 2.93. The summed E-state index contributed by atoms with van der Waals surface area (Å²) in [6, 6.07) is 8.25. The van der Waals surface area contributed by atoms with Gasteiger partial charge >= 0.3 is 0 Å². The Morgan fingerprint density at radius 2 is 1.96 bits per heavy atom. The molecule has 0 radical (unpaired) electrons. The number of para-hydroxylation sites is 2. The lowest BCUT2D eigenvalue weighted by molar-refractivity contribution is 0.332. The number of hydrogen-bond donors (Lipinski definition) is 3. The largest absolute Gasteiger partial charge is 0.369 e. The SMILES string of the molecule is Cc1cnc(N)nc1NCC1CCC(c2nc3ccccc3[nH]2)CC1. The topological polar surface area (TPSA) is 92.5 Å². The highest BCUT2D eigenvalue weighted by Crippen LogP contribution is 2.35. The van der Waals surface area contributed by atoms with Crippen LogP contribution >= 0.6 is 0 Å². The molecule has 6 nitrogen and oxygen atoms in total. The van der Waals surface area contributed by atoms with Crippen LogP contribution in [0.15, 0.2) is 30.5 Å². The molecule has 2 aromatic heterocycles. The Morgan fingerprint density at radius 3 is 2.76 bits per heavy atom. The maximum absolute atomic E-state index is 5.68. The highest BCUT2D eigenvalue weighted by molar-refractivity contribution is 5.74. The fourth-order valence-corrected chi connectivity index (χ4v) is 3.68. The van der Waals surface area contributed by atoms with Crippen molar-refractivity contribution in [3.63, 3.8) is 0 Å². The lowest BCUT2D eigenvalue weighted by Crippen LogP contribution is -2.21. The minimum atomic E-state index is 0.321. The van der Waals surface area contributed by atoms with Gasteiger partial charge in [0.1, 0.15) is 11.6 Å². The Morgan fingerprint density at radius 1 is 1.16 bits per heavy atom. The van der Waals surface area contributed by atoms with Gasteiger partial charge in [-0.25, -0.2) is 9.97 Å². The lowest BCUT2D eigenvalue weighted by atomic mass is 9.81. The summed E-state index contributed by atoms with van der Waals surface area (Å²) in [4.78, 5) is 16.6.